The van der Waals surface area contributed by atoms with Crippen LogP contribution in [0.5, 0.6) is 0 Å². The Labute approximate surface area is 57.2 Å². The third-order valence-electron chi connectivity index (χ3n) is 0.748. The zero-order chi connectivity index (χ0) is 5.54. The second-order valence-electron chi connectivity index (χ2n) is 1.54. The first-order valence-electron chi connectivity index (χ1n) is 2.82. The summed E-state index contributed by atoms with van der Waals surface area (Å²) >= 11 is 0. The Hall–Kier alpha value is 0.210. The molecule has 0 unspecified atom stereocenters. The van der Waals surface area contributed by atoms with E-state index < -0.39 is 0 Å². The van der Waals surface area contributed by atoms with Gasteiger partial charge in [0.15, 0.2) is 0 Å². The first-order valence-corrected chi connectivity index (χ1v) is 2.82. The molecule has 0 amide bonds. The molecule has 0 aromatic rings. The van der Waals surface area contributed by atoms with E-state index >= 15 is 0 Å². The van der Waals surface area contributed by atoms with E-state index in [-0.39, 0.29) is 12.4 Å². The van der Waals surface area contributed by atoms with Crippen molar-refractivity contribution in [2.45, 2.75) is 13.3 Å². The normalized spacial score (nSPS) is 8.25. The van der Waals surface area contributed by atoms with Crippen LogP contribution in [0.1, 0.15) is 13.3 Å². The van der Waals surface area contributed by atoms with E-state index in [1.807, 2.05) is 0 Å². The smallest absolute Gasteiger partial charge is 0.00744 e. The lowest BCUT2D eigenvalue weighted by atomic mass is 10.5. The Bertz CT molecular complexity index is 29.6. The average Bonchev–Trinajstić information content (AvgIpc) is 1.69. The van der Waals surface area contributed by atoms with Gasteiger partial charge < -0.3 is 11.1 Å². The van der Waals surface area contributed by atoms with Gasteiger partial charge in [0, 0.05) is 13.1 Å². The molecule has 0 aromatic heterocycles. The topological polar surface area (TPSA) is 38.0 Å². The molecule has 0 heterocycles. The van der Waals surface area contributed by atoms with Crippen LogP contribution in [0.25, 0.3) is 0 Å². The highest BCUT2D eigenvalue weighted by molar-refractivity contribution is 5.85. The summed E-state index contributed by atoms with van der Waals surface area (Å²) in [5.41, 5.74) is 5.21. The molecule has 2 nitrogen and oxygen atoms in total. The van der Waals surface area contributed by atoms with E-state index in [9.17, 15) is 0 Å². The van der Waals surface area contributed by atoms with E-state index in [2.05, 4.69) is 12.2 Å². The van der Waals surface area contributed by atoms with E-state index in [0.29, 0.717) is 0 Å². The Kier molecular flexibility index (Phi) is 14.2. The average molecular weight is 139 g/mol. The molecule has 0 aliphatic rings. The zero-order valence-corrected chi connectivity index (χ0v) is 6.13. The molecule has 0 atom stereocenters. The minimum atomic E-state index is 0. The van der Waals surface area contributed by atoms with Gasteiger partial charge in [-0.25, -0.2) is 0 Å². The van der Waals surface area contributed by atoms with Crippen LogP contribution in [-0.2, 0) is 0 Å². The highest BCUT2D eigenvalue weighted by Gasteiger charge is 1.76. The second-order valence-corrected chi connectivity index (χ2v) is 1.54. The Morgan fingerprint density at radius 1 is 1.38 bits per heavy atom. The van der Waals surface area contributed by atoms with Crippen LogP contribution in [0.3, 0.4) is 0 Å². The third kappa shape index (κ3) is 9.51. The molecule has 52 valence electrons. The van der Waals surface area contributed by atoms with Gasteiger partial charge in [-0.1, -0.05) is 6.92 Å². The van der Waals surface area contributed by atoms with Gasteiger partial charge in [-0.05, 0) is 13.0 Å². The van der Waals surface area contributed by atoms with Crippen molar-refractivity contribution in [3.05, 3.63) is 0 Å². The maximum absolute atomic E-state index is 5.21. The summed E-state index contributed by atoms with van der Waals surface area (Å²) in [6.07, 6.45) is 1.19. The summed E-state index contributed by atoms with van der Waals surface area (Å²) in [4.78, 5) is 0. The molecule has 0 rings (SSSR count). The molecule has 0 aliphatic carbocycles. The molecule has 0 fully saturated rings. The van der Waals surface area contributed by atoms with Gasteiger partial charge in [0.1, 0.15) is 0 Å². The molecule has 0 saturated heterocycles. The van der Waals surface area contributed by atoms with Gasteiger partial charge >= 0.3 is 0 Å². The Morgan fingerprint density at radius 2 is 2.00 bits per heavy atom. The monoisotopic (exact) mass is 138 g/mol. The number of hydrogen-bond donors (Lipinski definition) is 2. The highest BCUT2D eigenvalue weighted by Crippen LogP contribution is 1.65. The van der Waals surface area contributed by atoms with Crippen molar-refractivity contribution >= 4 is 12.4 Å². The van der Waals surface area contributed by atoms with E-state index in [1.54, 1.807) is 0 Å². The lowest BCUT2D eigenvalue weighted by Gasteiger charge is -1.95. The number of nitrogens with one attached hydrogen (secondary N) is 1. The molecular weight excluding hydrogens is 124 g/mol. The quantitative estimate of drug-likeness (QED) is 0.551. The molecule has 0 bridgehead atoms. The van der Waals surface area contributed by atoms with E-state index in [0.717, 1.165) is 19.6 Å². The van der Waals surface area contributed by atoms with E-state index in [4.69, 9.17) is 5.73 Å². The van der Waals surface area contributed by atoms with Crippen LogP contribution in [-0.4, -0.2) is 19.6 Å². The van der Waals surface area contributed by atoms with Gasteiger partial charge in [-0.15, -0.1) is 12.4 Å². The molecule has 3 heteroatoms. The van der Waals surface area contributed by atoms with Crippen molar-refractivity contribution in [2.75, 3.05) is 19.6 Å². The van der Waals surface area contributed by atoms with Crippen LogP contribution < -0.4 is 11.1 Å². The lowest BCUT2D eigenvalue weighted by molar-refractivity contribution is 0.678. The minimum Gasteiger partial charge on any atom is -0.329 e. The van der Waals surface area contributed by atoms with Crippen LogP contribution in [0.2, 0.25) is 0 Å². The molecule has 0 saturated carbocycles. The maximum atomic E-state index is 5.21. The first kappa shape index (κ1) is 11.1. The predicted octanol–water partition coefficient (Wildman–Crippen LogP) is 0.367. The largest absolute Gasteiger partial charge is 0.329 e. The van der Waals surface area contributed by atoms with Crippen molar-refractivity contribution in [3.8, 4) is 0 Å². The van der Waals surface area contributed by atoms with Crippen molar-refractivity contribution < 1.29 is 0 Å². The second kappa shape index (κ2) is 10.2. The zero-order valence-electron chi connectivity index (χ0n) is 5.31. The Balaban J connectivity index is 0. The van der Waals surface area contributed by atoms with Gasteiger partial charge in [0.2, 0.25) is 0 Å². The van der Waals surface area contributed by atoms with Crippen LogP contribution in [0.15, 0.2) is 0 Å². The fourth-order valence-electron chi connectivity index (χ4n) is 0.404. The summed E-state index contributed by atoms with van der Waals surface area (Å²) in [5, 5.41) is 3.16. The molecule has 0 aliphatic heterocycles. The summed E-state index contributed by atoms with van der Waals surface area (Å²) < 4.78 is 0. The highest BCUT2D eigenvalue weighted by atomic mass is 35.5. The van der Waals surface area contributed by atoms with Crippen molar-refractivity contribution in [1.29, 1.82) is 0 Å². The van der Waals surface area contributed by atoms with Crippen molar-refractivity contribution in [3.63, 3.8) is 0 Å². The summed E-state index contributed by atoms with van der Waals surface area (Å²) in [6.45, 7) is 4.94. The first-order chi connectivity index (χ1) is 3.41. The van der Waals surface area contributed by atoms with Crippen LogP contribution >= 0.6 is 12.4 Å². The maximum Gasteiger partial charge on any atom is 0.00744 e. The molecule has 3 N–H and O–H groups in total. The molecule has 8 heavy (non-hydrogen) atoms. The van der Waals surface area contributed by atoms with Crippen LogP contribution in [0.4, 0.5) is 0 Å². The molecule has 0 spiro atoms. The summed E-state index contributed by atoms with van der Waals surface area (Å²) in [6, 6.07) is 0. The molecular formula is C5H15ClN2. The van der Waals surface area contributed by atoms with E-state index in [1.165, 1.54) is 6.42 Å². The summed E-state index contributed by atoms with van der Waals surface area (Å²) in [7, 11) is 0. The fraction of sp³-hybridized carbons (Fsp3) is 1.00. The van der Waals surface area contributed by atoms with Gasteiger partial charge in [-0.3, -0.25) is 0 Å². The molecule has 0 aromatic carbocycles. The predicted molar refractivity (Wildman–Crippen MR) is 39.5 cm³/mol. The summed E-state index contributed by atoms with van der Waals surface area (Å²) in [5.74, 6) is 0. The number of nitrogens with two attached hydrogens (primary N) is 1. The third-order valence-corrected chi connectivity index (χ3v) is 0.748. The number of halogens is 1. The van der Waals surface area contributed by atoms with Gasteiger partial charge in [-0.2, -0.15) is 0 Å². The minimum absolute atomic E-state index is 0. The SMILES string of the molecule is CCCNCCN.Cl. The van der Waals surface area contributed by atoms with Crippen LogP contribution in [0, 0.1) is 0 Å². The fourth-order valence-corrected chi connectivity index (χ4v) is 0.404. The van der Waals surface area contributed by atoms with Gasteiger partial charge in [0.05, 0.1) is 0 Å². The lowest BCUT2D eigenvalue weighted by Crippen LogP contribution is -2.22. The Morgan fingerprint density at radius 3 is 2.38 bits per heavy atom. The molecule has 0 radical (unpaired) electrons. The number of hydrogen-bond acceptors (Lipinski definition) is 2. The van der Waals surface area contributed by atoms with Crippen molar-refractivity contribution in [2.24, 2.45) is 5.73 Å². The van der Waals surface area contributed by atoms with Crippen molar-refractivity contribution in [1.82, 2.24) is 5.32 Å². The number of rotatable bonds is 4. The van der Waals surface area contributed by atoms with Gasteiger partial charge in [0.25, 0.3) is 0 Å². The standard InChI is InChI=1S/C5H14N2.ClH/c1-2-4-7-5-3-6;/h7H,2-6H2,1H3;1H.